The quantitative estimate of drug-likeness (QED) is 0.835. The molecule has 2 nitrogen and oxygen atoms in total. The predicted octanol–water partition coefficient (Wildman–Crippen LogP) is 3.40. The van der Waals surface area contributed by atoms with Gasteiger partial charge in [0.15, 0.2) is 0 Å². The van der Waals surface area contributed by atoms with E-state index in [0.29, 0.717) is 5.92 Å². The van der Waals surface area contributed by atoms with Crippen LogP contribution in [0.25, 0.3) is 0 Å². The number of rotatable bonds is 6. The van der Waals surface area contributed by atoms with E-state index < -0.39 is 0 Å². The van der Waals surface area contributed by atoms with E-state index in [9.17, 15) is 5.11 Å². The van der Waals surface area contributed by atoms with Crippen LogP contribution in [0.1, 0.15) is 51.2 Å². The van der Waals surface area contributed by atoms with Gasteiger partial charge in [-0.15, -0.1) is 0 Å². The summed E-state index contributed by atoms with van der Waals surface area (Å²) in [7, 11) is 2.05. The van der Waals surface area contributed by atoms with Crippen LogP contribution >= 0.6 is 0 Å². The molecule has 0 heterocycles. The van der Waals surface area contributed by atoms with Gasteiger partial charge < -0.3 is 5.11 Å². The molecule has 0 fully saturated rings. The molecule has 0 amide bonds. The van der Waals surface area contributed by atoms with Gasteiger partial charge in [0.05, 0.1) is 6.61 Å². The van der Waals surface area contributed by atoms with Crippen molar-refractivity contribution in [1.29, 1.82) is 0 Å². The molecule has 0 aliphatic rings. The van der Waals surface area contributed by atoms with Crippen molar-refractivity contribution in [2.24, 2.45) is 0 Å². The lowest BCUT2D eigenvalue weighted by Crippen LogP contribution is -2.43. The average molecular weight is 249 g/mol. The summed E-state index contributed by atoms with van der Waals surface area (Å²) in [4.78, 5) is 2.19. The molecule has 1 rings (SSSR count). The van der Waals surface area contributed by atoms with E-state index in [0.717, 1.165) is 6.54 Å². The second kappa shape index (κ2) is 6.35. The Morgan fingerprint density at radius 3 is 2.22 bits per heavy atom. The highest BCUT2D eigenvalue weighted by Crippen LogP contribution is 2.20. The number of aliphatic hydroxyl groups is 1. The molecule has 0 saturated heterocycles. The second-order valence-corrected chi connectivity index (χ2v) is 5.88. The highest BCUT2D eigenvalue weighted by Gasteiger charge is 2.22. The maximum Gasteiger partial charge on any atom is 0.0610 e. The molecule has 0 bridgehead atoms. The predicted molar refractivity (Wildman–Crippen MR) is 77.8 cm³/mol. The lowest BCUT2D eigenvalue weighted by atomic mass is 9.97. The largest absolute Gasteiger partial charge is 0.394 e. The van der Waals surface area contributed by atoms with Gasteiger partial charge >= 0.3 is 0 Å². The Balaban J connectivity index is 2.69. The van der Waals surface area contributed by atoms with Crippen molar-refractivity contribution in [1.82, 2.24) is 4.90 Å². The Morgan fingerprint density at radius 1 is 1.22 bits per heavy atom. The van der Waals surface area contributed by atoms with Gasteiger partial charge in [-0.3, -0.25) is 4.90 Å². The topological polar surface area (TPSA) is 23.5 Å². The number of aliphatic hydroxyl groups excluding tert-OH is 1. The molecule has 0 radical (unpaired) electrons. The van der Waals surface area contributed by atoms with Crippen LogP contribution in [0.15, 0.2) is 24.3 Å². The summed E-state index contributed by atoms with van der Waals surface area (Å²) >= 11 is 0. The molecule has 0 aliphatic carbocycles. The molecule has 1 aromatic rings. The number of likely N-dealkylation sites (N-methyl/N-ethyl adjacent to an activating group) is 1. The van der Waals surface area contributed by atoms with Crippen molar-refractivity contribution in [3.05, 3.63) is 35.4 Å². The van der Waals surface area contributed by atoms with Crippen molar-refractivity contribution in [2.45, 2.75) is 52.1 Å². The molecule has 1 aromatic carbocycles. The summed E-state index contributed by atoms with van der Waals surface area (Å²) in [6.45, 7) is 9.63. The van der Waals surface area contributed by atoms with Crippen LogP contribution in [0.5, 0.6) is 0 Å². The summed E-state index contributed by atoms with van der Waals surface area (Å²) < 4.78 is 0. The van der Waals surface area contributed by atoms with Gasteiger partial charge in [0.1, 0.15) is 0 Å². The van der Waals surface area contributed by atoms with Gasteiger partial charge in [-0.1, -0.05) is 38.1 Å². The molecular formula is C16H27NO. The van der Waals surface area contributed by atoms with Crippen molar-refractivity contribution in [3.8, 4) is 0 Å². The number of hydrogen-bond acceptors (Lipinski definition) is 2. The zero-order valence-corrected chi connectivity index (χ0v) is 12.4. The van der Waals surface area contributed by atoms with Crippen LogP contribution in [0.4, 0.5) is 0 Å². The first-order chi connectivity index (χ1) is 8.40. The fourth-order valence-corrected chi connectivity index (χ4v) is 1.80. The third-order valence-corrected chi connectivity index (χ3v) is 4.00. The van der Waals surface area contributed by atoms with E-state index >= 15 is 0 Å². The Hall–Kier alpha value is -0.860. The second-order valence-electron chi connectivity index (χ2n) is 5.88. The SMILES string of the molecule is CCC(C)c1ccc(CN(C)C(C)(C)CO)cc1. The van der Waals surface area contributed by atoms with Gasteiger partial charge in [-0.25, -0.2) is 0 Å². The number of nitrogens with zero attached hydrogens (tertiary/aromatic N) is 1. The summed E-state index contributed by atoms with van der Waals surface area (Å²) in [5, 5.41) is 9.35. The normalized spacial score (nSPS) is 13.9. The molecule has 1 atom stereocenters. The maximum absolute atomic E-state index is 9.35. The molecule has 102 valence electrons. The van der Waals surface area contributed by atoms with Gasteiger partial charge in [-0.05, 0) is 44.4 Å². The van der Waals surface area contributed by atoms with Gasteiger partial charge in [0.25, 0.3) is 0 Å². The lowest BCUT2D eigenvalue weighted by molar-refractivity contribution is 0.0734. The van der Waals surface area contributed by atoms with Crippen LogP contribution in [0.2, 0.25) is 0 Å². The third kappa shape index (κ3) is 3.82. The standard InChI is InChI=1S/C16H27NO/c1-6-13(2)15-9-7-14(8-10-15)11-17(5)16(3,4)12-18/h7-10,13,18H,6,11-12H2,1-5H3. The van der Waals surface area contributed by atoms with E-state index in [2.05, 4.69) is 63.9 Å². The lowest BCUT2D eigenvalue weighted by Gasteiger charge is -2.34. The first-order valence-electron chi connectivity index (χ1n) is 6.81. The van der Waals surface area contributed by atoms with Gasteiger partial charge in [0, 0.05) is 12.1 Å². The zero-order chi connectivity index (χ0) is 13.8. The summed E-state index contributed by atoms with van der Waals surface area (Å²) in [6.07, 6.45) is 1.18. The first kappa shape index (κ1) is 15.2. The Kier molecular flexibility index (Phi) is 5.36. The third-order valence-electron chi connectivity index (χ3n) is 4.00. The fourth-order valence-electron chi connectivity index (χ4n) is 1.80. The van der Waals surface area contributed by atoms with Crippen molar-refractivity contribution in [3.63, 3.8) is 0 Å². The van der Waals surface area contributed by atoms with E-state index in [4.69, 9.17) is 0 Å². The highest BCUT2D eigenvalue weighted by molar-refractivity contribution is 5.25. The van der Waals surface area contributed by atoms with Crippen molar-refractivity contribution >= 4 is 0 Å². The molecule has 0 spiro atoms. The minimum atomic E-state index is -0.171. The van der Waals surface area contributed by atoms with Gasteiger partial charge in [0.2, 0.25) is 0 Å². The summed E-state index contributed by atoms with van der Waals surface area (Å²) in [6, 6.07) is 8.85. The zero-order valence-electron chi connectivity index (χ0n) is 12.4. The van der Waals surface area contributed by atoms with E-state index in [-0.39, 0.29) is 12.1 Å². The molecule has 18 heavy (non-hydrogen) atoms. The minimum absolute atomic E-state index is 0.171. The van der Waals surface area contributed by atoms with Gasteiger partial charge in [-0.2, -0.15) is 0 Å². The monoisotopic (exact) mass is 249 g/mol. The van der Waals surface area contributed by atoms with Crippen LogP contribution in [-0.4, -0.2) is 29.2 Å². The molecule has 1 unspecified atom stereocenters. The van der Waals surface area contributed by atoms with Crippen LogP contribution in [-0.2, 0) is 6.54 Å². The summed E-state index contributed by atoms with van der Waals surface area (Å²) in [5.74, 6) is 0.630. The van der Waals surface area contributed by atoms with E-state index in [1.54, 1.807) is 0 Å². The van der Waals surface area contributed by atoms with E-state index in [1.165, 1.54) is 17.5 Å². The Labute approximate surface area is 112 Å². The average Bonchev–Trinajstić information content (AvgIpc) is 2.38. The number of hydrogen-bond donors (Lipinski definition) is 1. The number of benzene rings is 1. The van der Waals surface area contributed by atoms with Crippen LogP contribution < -0.4 is 0 Å². The highest BCUT2D eigenvalue weighted by atomic mass is 16.3. The first-order valence-corrected chi connectivity index (χ1v) is 6.81. The molecule has 1 N–H and O–H groups in total. The molecule has 0 saturated carbocycles. The smallest absolute Gasteiger partial charge is 0.0610 e. The van der Waals surface area contributed by atoms with Crippen LogP contribution in [0, 0.1) is 0 Å². The maximum atomic E-state index is 9.35. The summed E-state index contributed by atoms with van der Waals surface area (Å²) in [5.41, 5.74) is 2.53. The minimum Gasteiger partial charge on any atom is -0.394 e. The Bertz CT molecular complexity index is 356. The Morgan fingerprint density at radius 2 is 1.78 bits per heavy atom. The fraction of sp³-hybridized carbons (Fsp3) is 0.625. The molecule has 0 aromatic heterocycles. The van der Waals surface area contributed by atoms with Crippen molar-refractivity contribution < 1.29 is 5.11 Å². The molecule has 2 heteroatoms. The van der Waals surface area contributed by atoms with E-state index in [1.807, 2.05) is 0 Å². The van der Waals surface area contributed by atoms with Crippen LogP contribution in [0.3, 0.4) is 0 Å². The molecular weight excluding hydrogens is 222 g/mol. The van der Waals surface area contributed by atoms with Crippen molar-refractivity contribution in [2.75, 3.05) is 13.7 Å². The molecule has 0 aliphatic heterocycles.